The number of hydrogen-bond acceptors (Lipinski definition) is 4. The number of nitrogens with zero attached hydrogens (tertiary/aromatic N) is 1. The van der Waals surface area contributed by atoms with Crippen LogP contribution in [0.4, 0.5) is 4.79 Å². The third-order valence-electron chi connectivity index (χ3n) is 5.75. The first-order valence-corrected chi connectivity index (χ1v) is 9.69. The van der Waals surface area contributed by atoms with Gasteiger partial charge in [-0.05, 0) is 51.3 Å². The van der Waals surface area contributed by atoms with Crippen LogP contribution in [0.1, 0.15) is 44.9 Å². The van der Waals surface area contributed by atoms with Crippen molar-refractivity contribution in [3.63, 3.8) is 0 Å². The Morgan fingerprint density at radius 1 is 1.22 bits per heavy atom. The van der Waals surface area contributed by atoms with Gasteiger partial charge in [-0.15, -0.1) is 0 Å². The lowest BCUT2D eigenvalue weighted by Crippen LogP contribution is -2.52. The molecule has 1 saturated heterocycles. The highest BCUT2D eigenvalue weighted by atomic mass is 16.6. The molecule has 2 aliphatic heterocycles. The molecule has 0 aliphatic carbocycles. The zero-order valence-electron chi connectivity index (χ0n) is 16.6. The number of carbonyl (C=O) groups excluding carboxylic acids is 1. The van der Waals surface area contributed by atoms with Crippen LogP contribution in [0.5, 0.6) is 5.75 Å². The lowest BCUT2D eigenvalue weighted by Gasteiger charge is -2.44. The van der Waals surface area contributed by atoms with E-state index >= 15 is 0 Å². The molecule has 0 bridgehead atoms. The summed E-state index contributed by atoms with van der Waals surface area (Å²) in [6.45, 7) is 8.97. The number of amides is 1. The summed E-state index contributed by atoms with van der Waals surface area (Å²) >= 11 is 0. The van der Waals surface area contributed by atoms with E-state index in [0.717, 1.165) is 50.3 Å². The summed E-state index contributed by atoms with van der Waals surface area (Å²) in [6, 6.07) is 6.26. The molecule has 6 nitrogen and oxygen atoms in total. The molecule has 2 aliphatic rings. The van der Waals surface area contributed by atoms with Crippen LogP contribution in [0.25, 0.3) is 10.9 Å². The lowest BCUT2D eigenvalue weighted by atomic mass is 9.70. The van der Waals surface area contributed by atoms with Crippen molar-refractivity contribution < 1.29 is 14.3 Å². The van der Waals surface area contributed by atoms with Gasteiger partial charge >= 0.3 is 6.09 Å². The number of benzene rings is 1. The number of aromatic nitrogens is 1. The molecular weight excluding hydrogens is 342 g/mol. The maximum atomic E-state index is 12.4. The lowest BCUT2D eigenvalue weighted by molar-refractivity contribution is 0.0160. The molecule has 0 saturated carbocycles. The summed E-state index contributed by atoms with van der Waals surface area (Å²) in [5.74, 6) is 0.864. The molecule has 6 heteroatoms. The van der Waals surface area contributed by atoms with Gasteiger partial charge in [0.25, 0.3) is 0 Å². The van der Waals surface area contributed by atoms with Crippen molar-refractivity contribution >= 4 is 17.0 Å². The third kappa shape index (κ3) is 3.27. The van der Waals surface area contributed by atoms with Crippen molar-refractivity contribution in [2.45, 2.75) is 51.2 Å². The molecule has 1 amide bonds. The average molecular weight is 371 g/mol. The standard InChI is InChI=1S/C21H29N3O3/c1-20(2,3)27-19(25)24-9-7-21(8-10-24)13-22-12-17-18(21)15-6-5-14(26-4)11-16(15)23-17/h5-6,11,22-23H,7-10,12-13H2,1-4H3. The minimum Gasteiger partial charge on any atom is -0.497 e. The molecule has 2 aromatic rings. The number of H-pyrrole nitrogens is 1. The number of ether oxygens (including phenoxy) is 2. The van der Waals surface area contributed by atoms with Crippen LogP contribution in [0.2, 0.25) is 0 Å². The Morgan fingerprint density at radius 3 is 2.63 bits per heavy atom. The maximum absolute atomic E-state index is 12.4. The number of rotatable bonds is 1. The number of fused-ring (bicyclic) bond motifs is 4. The second kappa shape index (κ2) is 6.44. The Hall–Kier alpha value is -2.21. The van der Waals surface area contributed by atoms with Crippen LogP contribution < -0.4 is 10.1 Å². The van der Waals surface area contributed by atoms with Crippen molar-refractivity contribution in [3.8, 4) is 5.75 Å². The van der Waals surface area contributed by atoms with Crippen molar-refractivity contribution in [1.29, 1.82) is 0 Å². The third-order valence-corrected chi connectivity index (χ3v) is 5.75. The van der Waals surface area contributed by atoms with E-state index in [-0.39, 0.29) is 11.5 Å². The largest absolute Gasteiger partial charge is 0.497 e. The topological polar surface area (TPSA) is 66.6 Å². The van der Waals surface area contributed by atoms with Gasteiger partial charge in [0, 0.05) is 54.3 Å². The van der Waals surface area contributed by atoms with Crippen molar-refractivity contribution in [3.05, 3.63) is 29.5 Å². The van der Waals surface area contributed by atoms with Gasteiger partial charge in [-0.25, -0.2) is 4.79 Å². The molecule has 2 N–H and O–H groups in total. The highest BCUT2D eigenvalue weighted by molar-refractivity contribution is 5.87. The SMILES string of the molecule is COc1ccc2c3c([nH]c2c1)CNCC31CCN(C(=O)OC(C)(C)C)CC1. The first kappa shape index (κ1) is 18.2. The van der Waals surface area contributed by atoms with Crippen LogP contribution in [-0.2, 0) is 16.7 Å². The minimum absolute atomic E-state index is 0.0545. The van der Waals surface area contributed by atoms with Crippen LogP contribution in [-0.4, -0.2) is 48.3 Å². The van der Waals surface area contributed by atoms with Gasteiger partial charge in [-0.3, -0.25) is 0 Å². The zero-order valence-corrected chi connectivity index (χ0v) is 16.6. The van der Waals surface area contributed by atoms with Gasteiger partial charge in [0.05, 0.1) is 7.11 Å². The smallest absolute Gasteiger partial charge is 0.410 e. The van der Waals surface area contributed by atoms with Crippen molar-refractivity contribution in [2.75, 3.05) is 26.7 Å². The van der Waals surface area contributed by atoms with E-state index in [1.54, 1.807) is 7.11 Å². The Morgan fingerprint density at radius 2 is 1.96 bits per heavy atom. The molecule has 1 spiro atoms. The van der Waals surface area contributed by atoms with Gasteiger partial charge < -0.3 is 24.7 Å². The fourth-order valence-corrected chi connectivity index (χ4v) is 4.48. The maximum Gasteiger partial charge on any atom is 0.410 e. The summed E-state index contributed by atoms with van der Waals surface area (Å²) < 4.78 is 10.9. The van der Waals surface area contributed by atoms with Gasteiger partial charge in [0.2, 0.25) is 0 Å². The molecule has 4 rings (SSSR count). The summed E-state index contributed by atoms with van der Waals surface area (Å²) in [4.78, 5) is 17.9. The first-order valence-electron chi connectivity index (χ1n) is 9.69. The van der Waals surface area contributed by atoms with E-state index in [1.165, 1.54) is 16.6 Å². The molecular formula is C21H29N3O3. The van der Waals surface area contributed by atoms with Crippen LogP contribution >= 0.6 is 0 Å². The second-order valence-electron chi connectivity index (χ2n) is 8.74. The Kier molecular flexibility index (Phi) is 4.34. The normalized spacial score (nSPS) is 19.2. The van der Waals surface area contributed by atoms with E-state index in [2.05, 4.69) is 22.4 Å². The van der Waals surface area contributed by atoms with E-state index in [1.807, 2.05) is 31.7 Å². The highest BCUT2D eigenvalue weighted by Crippen LogP contribution is 2.43. The number of piperidine rings is 1. The monoisotopic (exact) mass is 371 g/mol. The molecule has 1 aromatic heterocycles. The highest BCUT2D eigenvalue weighted by Gasteiger charge is 2.43. The molecule has 1 aromatic carbocycles. The molecule has 27 heavy (non-hydrogen) atoms. The van der Waals surface area contributed by atoms with Crippen LogP contribution in [0.15, 0.2) is 18.2 Å². The van der Waals surface area contributed by atoms with E-state index in [4.69, 9.17) is 9.47 Å². The van der Waals surface area contributed by atoms with E-state index < -0.39 is 5.60 Å². The predicted molar refractivity (Wildman–Crippen MR) is 105 cm³/mol. The zero-order chi connectivity index (χ0) is 19.2. The molecule has 3 heterocycles. The van der Waals surface area contributed by atoms with Crippen molar-refractivity contribution in [2.24, 2.45) is 0 Å². The van der Waals surface area contributed by atoms with Crippen molar-refractivity contribution in [1.82, 2.24) is 15.2 Å². The number of likely N-dealkylation sites (tertiary alicyclic amines) is 1. The van der Waals surface area contributed by atoms with Gasteiger partial charge in [-0.2, -0.15) is 0 Å². The molecule has 0 unspecified atom stereocenters. The number of aromatic amines is 1. The summed E-state index contributed by atoms with van der Waals surface area (Å²) in [7, 11) is 1.69. The average Bonchev–Trinajstić information content (AvgIpc) is 3.00. The number of carbonyl (C=O) groups is 1. The molecule has 0 atom stereocenters. The fourth-order valence-electron chi connectivity index (χ4n) is 4.48. The van der Waals surface area contributed by atoms with Gasteiger partial charge in [-0.1, -0.05) is 0 Å². The Bertz CT molecular complexity index is 857. The molecule has 146 valence electrons. The van der Waals surface area contributed by atoms with Crippen LogP contribution in [0, 0.1) is 0 Å². The van der Waals surface area contributed by atoms with Crippen LogP contribution in [0.3, 0.4) is 0 Å². The quantitative estimate of drug-likeness (QED) is 0.805. The second-order valence-corrected chi connectivity index (χ2v) is 8.74. The summed E-state index contributed by atoms with van der Waals surface area (Å²) in [5.41, 5.74) is 3.40. The van der Waals surface area contributed by atoms with E-state index in [0.29, 0.717) is 0 Å². The fraction of sp³-hybridized carbons (Fsp3) is 0.571. The molecule has 0 radical (unpaired) electrons. The first-order chi connectivity index (χ1) is 12.8. The minimum atomic E-state index is -0.457. The summed E-state index contributed by atoms with van der Waals surface area (Å²) in [6.07, 6.45) is 1.67. The van der Waals surface area contributed by atoms with E-state index in [9.17, 15) is 4.79 Å². The summed E-state index contributed by atoms with van der Waals surface area (Å²) in [5, 5.41) is 4.85. The number of hydrogen-bond donors (Lipinski definition) is 2. The Balaban J connectivity index is 1.61. The number of nitrogens with one attached hydrogen (secondary N) is 2. The van der Waals surface area contributed by atoms with Gasteiger partial charge in [0.1, 0.15) is 11.4 Å². The number of methoxy groups -OCH3 is 1. The molecule has 1 fully saturated rings. The Labute approximate surface area is 160 Å². The predicted octanol–water partition coefficient (Wildman–Crippen LogP) is 3.55. The van der Waals surface area contributed by atoms with Gasteiger partial charge in [0.15, 0.2) is 0 Å².